The molecule has 0 aromatic heterocycles. The number of hydrogen-bond acceptors (Lipinski definition) is 3. The van der Waals surface area contributed by atoms with Crippen LogP contribution in [-0.2, 0) is 9.59 Å². The van der Waals surface area contributed by atoms with Gasteiger partial charge in [0.05, 0.1) is 0 Å². The third-order valence-corrected chi connectivity index (χ3v) is 2.91. The van der Waals surface area contributed by atoms with Crippen molar-refractivity contribution in [2.45, 2.75) is 32.6 Å². The Bertz CT molecular complexity index is 250. The van der Waals surface area contributed by atoms with Crippen molar-refractivity contribution in [3.8, 4) is 0 Å². The Hall–Kier alpha value is -1.10. The molecule has 1 aliphatic heterocycles. The fraction of sp³-hybridized carbons (Fsp3) is 0.833. The molecule has 0 aromatic carbocycles. The van der Waals surface area contributed by atoms with E-state index in [9.17, 15) is 9.59 Å². The maximum Gasteiger partial charge on any atom is 0.311 e. The number of unbranched alkanes of at least 4 members (excludes halogenated alkanes) is 3. The predicted molar refractivity (Wildman–Crippen MR) is 66.6 cm³/mol. The molecule has 0 unspecified atom stereocenters. The van der Waals surface area contributed by atoms with Crippen LogP contribution < -0.4 is 10.6 Å². The van der Waals surface area contributed by atoms with Gasteiger partial charge in [-0.25, -0.2) is 0 Å². The van der Waals surface area contributed by atoms with Crippen LogP contribution in [0.1, 0.15) is 32.6 Å². The van der Waals surface area contributed by atoms with E-state index >= 15 is 0 Å². The zero-order valence-corrected chi connectivity index (χ0v) is 10.6. The van der Waals surface area contributed by atoms with Crippen molar-refractivity contribution in [1.82, 2.24) is 15.5 Å². The van der Waals surface area contributed by atoms with Crippen LogP contribution in [0.5, 0.6) is 0 Å². The van der Waals surface area contributed by atoms with E-state index in [0.29, 0.717) is 19.6 Å². The highest BCUT2D eigenvalue weighted by Gasteiger charge is 2.22. The van der Waals surface area contributed by atoms with Crippen LogP contribution in [0.3, 0.4) is 0 Å². The molecule has 1 heterocycles. The molecule has 1 saturated heterocycles. The highest BCUT2D eigenvalue weighted by molar-refractivity contribution is 6.35. The highest BCUT2D eigenvalue weighted by atomic mass is 16.2. The van der Waals surface area contributed by atoms with E-state index in [2.05, 4.69) is 17.6 Å². The molecule has 0 bridgehead atoms. The van der Waals surface area contributed by atoms with E-state index in [1.165, 1.54) is 12.8 Å². The highest BCUT2D eigenvalue weighted by Crippen LogP contribution is 1.97. The number of amides is 2. The third-order valence-electron chi connectivity index (χ3n) is 2.91. The van der Waals surface area contributed by atoms with Crippen LogP contribution in [-0.4, -0.2) is 49.4 Å². The van der Waals surface area contributed by atoms with E-state index < -0.39 is 5.91 Å². The second kappa shape index (κ2) is 8.06. The Kier molecular flexibility index (Phi) is 6.62. The summed E-state index contributed by atoms with van der Waals surface area (Å²) < 4.78 is 0. The molecule has 0 spiro atoms. The van der Waals surface area contributed by atoms with Crippen LogP contribution in [0.4, 0.5) is 0 Å². The van der Waals surface area contributed by atoms with Gasteiger partial charge in [-0.3, -0.25) is 9.59 Å². The van der Waals surface area contributed by atoms with Crippen molar-refractivity contribution in [3.63, 3.8) is 0 Å². The second-order valence-electron chi connectivity index (χ2n) is 4.36. The molecule has 1 aliphatic rings. The Morgan fingerprint density at radius 3 is 2.53 bits per heavy atom. The monoisotopic (exact) mass is 241 g/mol. The molecule has 2 N–H and O–H groups in total. The average molecular weight is 241 g/mol. The van der Waals surface area contributed by atoms with E-state index in [1.54, 1.807) is 4.90 Å². The number of nitrogens with zero attached hydrogens (tertiary/aromatic N) is 1. The Balaban J connectivity index is 2.15. The summed E-state index contributed by atoms with van der Waals surface area (Å²) in [5.41, 5.74) is 0. The van der Waals surface area contributed by atoms with Gasteiger partial charge in [0.15, 0.2) is 0 Å². The molecule has 17 heavy (non-hydrogen) atoms. The van der Waals surface area contributed by atoms with Crippen LogP contribution >= 0.6 is 0 Å². The van der Waals surface area contributed by atoms with Gasteiger partial charge in [-0.05, 0) is 6.42 Å². The van der Waals surface area contributed by atoms with Crippen LogP contribution in [0.15, 0.2) is 0 Å². The Labute approximate surface area is 103 Å². The van der Waals surface area contributed by atoms with Gasteiger partial charge in [0, 0.05) is 32.7 Å². The van der Waals surface area contributed by atoms with Gasteiger partial charge in [-0.1, -0.05) is 26.2 Å². The standard InChI is InChI=1S/C12H23N3O2/c1-2-3-4-5-6-14-11(16)12(17)15-9-7-13-8-10-15/h13H,2-10H2,1H3,(H,14,16). The number of nitrogens with one attached hydrogen (secondary N) is 2. The minimum absolute atomic E-state index is 0.387. The van der Waals surface area contributed by atoms with Gasteiger partial charge in [0.25, 0.3) is 0 Å². The maximum atomic E-state index is 11.7. The summed E-state index contributed by atoms with van der Waals surface area (Å²) in [5, 5.41) is 5.84. The molecule has 1 fully saturated rings. The Morgan fingerprint density at radius 2 is 1.88 bits per heavy atom. The molecule has 2 amide bonds. The molecule has 0 atom stereocenters. The lowest BCUT2D eigenvalue weighted by Crippen LogP contribution is -2.51. The summed E-state index contributed by atoms with van der Waals surface area (Å²) in [6, 6.07) is 0. The van der Waals surface area contributed by atoms with Gasteiger partial charge in [0.2, 0.25) is 0 Å². The molecular formula is C12H23N3O2. The zero-order valence-electron chi connectivity index (χ0n) is 10.6. The largest absolute Gasteiger partial charge is 0.348 e. The lowest BCUT2D eigenvalue weighted by atomic mass is 10.2. The van der Waals surface area contributed by atoms with Crippen molar-refractivity contribution in [3.05, 3.63) is 0 Å². The summed E-state index contributed by atoms with van der Waals surface area (Å²) in [6.07, 6.45) is 4.42. The van der Waals surface area contributed by atoms with Crippen molar-refractivity contribution in [2.24, 2.45) is 0 Å². The number of rotatable bonds is 5. The SMILES string of the molecule is CCCCCCNC(=O)C(=O)N1CCNCC1. The fourth-order valence-electron chi connectivity index (χ4n) is 1.84. The first kappa shape index (κ1) is 14.0. The lowest BCUT2D eigenvalue weighted by molar-refractivity contribution is -0.146. The van der Waals surface area contributed by atoms with E-state index in [1.807, 2.05) is 0 Å². The predicted octanol–water partition coefficient (Wildman–Crippen LogP) is 0.115. The molecule has 0 aromatic rings. The summed E-state index contributed by atoms with van der Waals surface area (Å²) in [6.45, 7) is 5.55. The quantitative estimate of drug-likeness (QED) is 0.531. The number of carbonyl (C=O) groups is 2. The topological polar surface area (TPSA) is 61.4 Å². The molecule has 0 saturated carbocycles. The minimum Gasteiger partial charge on any atom is -0.348 e. The first-order valence-corrected chi connectivity index (χ1v) is 6.53. The minimum atomic E-state index is -0.455. The number of piperazine rings is 1. The third kappa shape index (κ3) is 5.17. The summed E-state index contributed by atoms with van der Waals surface area (Å²) >= 11 is 0. The van der Waals surface area contributed by atoms with Crippen LogP contribution in [0, 0.1) is 0 Å². The lowest BCUT2D eigenvalue weighted by Gasteiger charge is -2.26. The van der Waals surface area contributed by atoms with E-state index in [-0.39, 0.29) is 5.91 Å². The normalized spacial score (nSPS) is 15.7. The number of hydrogen-bond donors (Lipinski definition) is 2. The summed E-state index contributed by atoms with van der Waals surface area (Å²) in [7, 11) is 0. The summed E-state index contributed by atoms with van der Waals surface area (Å²) in [4.78, 5) is 24.9. The van der Waals surface area contributed by atoms with Gasteiger partial charge in [-0.2, -0.15) is 0 Å². The summed E-state index contributed by atoms with van der Waals surface area (Å²) in [5.74, 6) is -0.842. The molecule has 5 heteroatoms. The van der Waals surface area contributed by atoms with Crippen LogP contribution in [0.2, 0.25) is 0 Å². The van der Waals surface area contributed by atoms with Crippen molar-refractivity contribution < 1.29 is 9.59 Å². The van der Waals surface area contributed by atoms with Crippen molar-refractivity contribution in [2.75, 3.05) is 32.7 Å². The smallest absolute Gasteiger partial charge is 0.311 e. The second-order valence-corrected chi connectivity index (χ2v) is 4.36. The number of carbonyl (C=O) groups excluding carboxylic acids is 2. The zero-order chi connectivity index (χ0) is 12.5. The molecule has 0 aliphatic carbocycles. The van der Waals surface area contributed by atoms with Gasteiger partial charge >= 0.3 is 11.8 Å². The maximum absolute atomic E-state index is 11.7. The van der Waals surface area contributed by atoms with E-state index in [4.69, 9.17) is 0 Å². The molecule has 0 radical (unpaired) electrons. The van der Waals surface area contributed by atoms with Crippen molar-refractivity contribution in [1.29, 1.82) is 0 Å². The van der Waals surface area contributed by atoms with Gasteiger partial charge in [0.1, 0.15) is 0 Å². The van der Waals surface area contributed by atoms with Gasteiger partial charge in [-0.15, -0.1) is 0 Å². The molecule has 5 nitrogen and oxygen atoms in total. The average Bonchev–Trinajstić information content (AvgIpc) is 2.38. The van der Waals surface area contributed by atoms with Gasteiger partial charge < -0.3 is 15.5 Å². The molecular weight excluding hydrogens is 218 g/mol. The molecule has 1 rings (SSSR count). The Morgan fingerprint density at radius 1 is 1.18 bits per heavy atom. The first-order valence-electron chi connectivity index (χ1n) is 6.53. The molecule has 98 valence electrons. The van der Waals surface area contributed by atoms with Crippen molar-refractivity contribution >= 4 is 11.8 Å². The first-order chi connectivity index (χ1) is 8.25. The fourth-order valence-corrected chi connectivity index (χ4v) is 1.84. The van der Waals surface area contributed by atoms with E-state index in [0.717, 1.165) is 25.9 Å². The van der Waals surface area contributed by atoms with Crippen LogP contribution in [0.25, 0.3) is 0 Å².